The van der Waals surface area contributed by atoms with E-state index in [0.29, 0.717) is 23.5 Å². The van der Waals surface area contributed by atoms with Crippen molar-refractivity contribution in [1.29, 1.82) is 0 Å². The van der Waals surface area contributed by atoms with E-state index in [0.717, 1.165) is 11.8 Å². The van der Waals surface area contributed by atoms with E-state index >= 15 is 0 Å². The third-order valence-corrected chi connectivity index (χ3v) is 6.07. The van der Waals surface area contributed by atoms with E-state index in [1.807, 2.05) is 13.1 Å². The van der Waals surface area contributed by atoms with Crippen molar-refractivity contribution in [2.75, 3.05) is 20.1 Å². The van der Waals surface area contributed by atoms with Gasteiger partial charge in [0, 0.05) is 42.3 Å². The molecule has 2 aromatic rings. The number of sulfonamides is 1. The van der Waals surface area contributed by atoms with Gasteiger partial charge in [-0.05, 0) is 19.5 Å². The Kier molecular flexibility index (Phi) is 3.88. The van der Waals surface area contributed by atoms with Gasteiger partial charge in [0.15, 0.2) is 0 Å². The van der Waals surface area contributed by atoms with Crippen LogP contribution in [0.5, 0.6) is 0 Å². The number of nitrogens with one attached hydrogen (secondary N) is 1. The molecule has 1 saturated heterocycles. The van der Waals surface area contributed by atoms with Crippen LogP contribution in [0.2, 0.25) is 5.02 Å². The van der Waals surface area contributed by atoms with Gasteiger partial charge in [0.25, 0.3) is 0 Å². The Morgan fingerprint density at radius 3 is 2.90 bits per heavy atom. The minimum Gasteiger partial charge on any atom is -0.316 e. The largest absolute Gasteiger partial charge is 0.316 e. The lowest BCUT2D eigenvalue weighted by Crippen LogP contribution is -2.33. The quantitative estimate of drug-likeness (QED) is 0.936. The zero-order valence-electron chi connectivity index (χ0n) is 11.6. The van der Waals surface area contributed by atoms with Gasteiger partial charge in [0.2, 0.25) is 10.0 Å². The summed E-state index contributed by atoms with van der Waals surface area (Å²) in [6.45, 7) is 1.00. The molecule has 112 valence electrons. The standard InChI is InChI=1S/C14H16ClN3O2S/c1-16-11-5-6-18(9-11)21(19,20)13-4-2-3-10-7-17-8-12(15)14(10)13/h2-4,7-8,11,16H,5-6,9H2,1H3. The molecule has 7 heteroatoms. The Hall–Kier alpha value is -1.21. The highest BCUT2D eigenvalue weighted by molar-refractivity contribution is 7.89. The fourth-order valence-electron chi connectivity index (χ4n) is 2.70. The van der Waals surface area contributed by atoms with Gasteiger partial charge in [-0.15, -0.1) is 0 Å². The van der Waals surface area contributed by atoms with Crippen LogP contribution in [0.4, 0.5) is 0 Å². The van der Waals surface area contributed by atoms with Crippen LogP contribution in [0.1, 0.15) is 6.42 Å². The molecular weight excluding hydrogens is 310 g/mol. The Bertz CT molecular complexity index is 774. The lowest BCUT2D eigenvalue weighted by atomic mass is 10.2. The molecular formula is C14H16ClN3O2S. The number of nitrogens with zero attached hydrogens (tertiary/aromatic N) is 2. The first kappa shape index (κ1) is 14.7. The molecule has 0 saturated carbocycles. The number of fused-ring (bicyclic) bond motifs is 1. The third kappa shape index (κ3) is 2.53. The summed E-state index contributed by atoms with van der Waals surface area (Å²) in [4.78, 5) is 4.26. The van der Waals surface area contributed by atoms with Crippen molar-refractivity contribution in [1.82, 2.24) is 14.6 Å². The molecule has 1 aliphatic rings. The van der Waals surface area contributed by atoms with Gasteiger partial charge in [-0.3, -0.25) is 4.98 Å². The molecule has 3 rings (SSSR count). The van der Waals surface area contributed by atoms with Crippen LogP contribution < -0.4 is 5.32 Å². The minimum absolute atomic E-state index is 0.201. The van der Waals surface area contributed by atoms with Crippen LogP contribution in [0.3, 0.4) is 0 Å². The summed E-state index contributed by atoms with van der Waals surface area (Å²) in [5.74, 6) is 0. The summed E-state index contributed by atoms with van der Waals surface area (Å²) in [6, 6.07) is 5.34. The molecule has 21 heavy (non-hydrogen) atoms. The first-order valence-corrected chi connectivity index (χ1v) is 8.55. The maximum Gasteiger partial charge on any atom is 0.243 e. The molecule has 1 aliphatic heterocycles. The molecule has 0 bridgehead atoms. The second-order valence-electron chi connectivity index (χ2n) is 5.11. The van der Waals surface area contributed by atoms with E-state index < -0.39 is 10.0 Å². The van der Waals surface area contributed by atoms with Crippen molar-refractivity contribution in [3.05, 3.63) is 35.6 Å². The number of halogens is 1. The number of hydrogen-bond acceptors (Lipinski definition) is 4. The molecule has 1 aromatic heterocycles. The first-order chi connectivity index (χ1) is 10.0. The minimum atomic E-state index is -3.55. The summed E-state index contributed by atoms with van der Waals surface area (Å²) in [5.41, 5.74) is 0. The first-order valence-electron chi connectivity index (χ1n) is 6.73. The molecule has 1 aromatic carbocycles. The van der Waals surface area contributed by atoms with Crippen molar-refractivity contribution >= 4 is 32.4 Å². The fourth-order valence-corrected chi connectivity index (χ4v) is 4.75. The van der Waals surface area contributed by atoms with Gasteiger partial charge in [-0.2, -0.15) is 4.31 Å². The topological polar surface area (TPSA) is 62.3 Å². The van der Waals surface area contributed by atoms with Gasteiger partial charge in [0.05, 0.1) is 9.92 Å². The molecule has 1 N–H and O–H groups in total. The molecule has 1 atom stereocenters. The Labute approximate surface area is 129 Å². The van der Waals surface area contributed by atoms with Gasteiger partial charge in [0.1, 0.15) is 0 Å². The summed E-state index contributed by atoms with van der Waals surface area (Å²) in [5, 5.41) is 4.75. The van der Waals surface area contributed by atoms with Gasteiger partial charge < -0.3 is 5.32 Å². The van der Waals surface area contributed by atoms with E-state index in [2.05, 4.69) is 10.3 Å². The van der Waals surface area contributed by atoms with Crippen molar-refractivity contribution in [2.45, 2.75) is 17.4 Å². The number of aromatic nitrogens is 1. The maximum absolute atomic E-state index is 12.9. The highest BCUT2D eigenvalue weighted by atomic mass is 35.5. The fraction of sp³-hybridized carbons (Fsp3) is 0.357. The molecule has 2 heterocycles. The van der Waals surface area contributed by atoms with Crippen molar-refractivity contribution < 1.29 is 8.42 Å². The van der Waals surface area contributed by atoms with Crippen LogP contribution in [0.15, 0.2) is 35.5 Å². The summed E-state index contributed by atoms with van der Waals surface area (Å²) in [7, 11) is -1.70. The SMILES string of the molecule is CNC1CCN(S(=O)(=O)c2cccc3cncc(Cl)c23)C1. The second kappa shape index (κ2) is 5.53. The lowest BCUT2D eigenvalue weighted by molar-refractivity contribution is 0.465. The predicted octanol–water partition coefficient (Wildman–Crippen LogP) is 1.87. The number of pyridine rings is 1. The molecule has 0 amide bonds. The van der Waals surface area contributed by atoms with E-state index in [1.165, 1.54) is 10.5 Å². The lowest BCUT2D eigenvalue weighted by Gasteiger charge is -2.18. The van der Waals surface area contributed by atoms with Gasteiger partial charge in [-0.25, -0.2) is 8.42 Å². The van der Waals surface area contributed by atoms with Crippen LogP contribution in [-0.2, 0) is 10.0 Å². The van der Waals surface area contributed by atoms with Crippen molar-refractivity contribution in [3.63, 3.8) is 0 Å². The number of likely N-dealkylation sites (N-methyl/N-ethyl adjacent to an activating group) is 1. The van der Waals surface area contributed by atoms with E-state index in [9.17, 15) is 8.42 Å². The van der Waals surface area contributed by atoms with Crippen molar-refractivity contribution in [2.24, 2.45) is 0 Å². The Morgan fingerprint density at radius 1 is 1.38 bits per heavy atom. The summed E-state index contributed by atoms with van der Waals surface area (Å²) < 4.78 is 27.3. The Balaban J connectivity index is 2.12. The predicted molar refractivity (Wildman–Crippen MR) is 83.0 cm³/mol. The zero-order chi connectivity index (χ0) is 15.0. The van der Waals surface area contributed by atoms with Crippen molar-refractivity contribution in [3.8, 4) is 0 Å². The van der Waals surface area contributed by atoms with Crippen LogP contribution >= 0.6 is 11.6 Å². The monoisotopic (exact) mass is 325 g/mol. The average Bonchev–Trinajstić information content (AvgIpc) is 2.97. The zero-order valence-corrected chi connectivity index (χ0v) is 13.2. The smallest absolute Gasteiger partial charge is 0.243 e. The number of benzene rings is 1. The normalized spacial score (nSPS) is 20.2. The highest BCUT2D eigenvalue weighted by Gasteiger charge is 2.33. The third-order valence-electron chi connectivity index (χ3n) is 3.88. The maximum atomic E-state index is 12.9. The molecule has 0 spiro atoms. The van der Waals surface area contributed by atoms with Crippen LogP contribution in [-0.4, -0.2) is 43.9 Å². The van der Waals surface area contributed by atoms with Gasteiger partial charge in [-0.1, -0.05) is 23.7 Å². The van der Waals surface area contributed by atoms with E-state index in [-0.39, 0.29) is 10.9 Å². The van der Waals surface area contributed by atoms with Gasteiger partial charge >= 0.3 is 0 Å². The van der Waals surface area contributed by atoms with Crippen LogP contribution in [0, 0.1) is 0 Å². The summed E-state index contributed by atoms with van der Waals surface area (Å²) in [6.07, 6.45) is 3.92. The van der Waals surface area contributed by atoms with E-state index in [4.69, 9.17) is 11.6 Å². The molecule has 0 aliphatic carbocycles. The second-order valence-corrected chi connectivity index (χ2v) is 7.43. The van der Waals surface area contributed by atoms with Crippen LogP contribution in [0.25, 0.3) is 10.8 Å². The Morgan fingerprint density at radius 2 is 2.19 bits per heavy atom. The molecule has 1 fully saturated rings. The van der Waals surface area contributed by atoms with E-state index in [1.54, 1.807) is 18.3 Å². The number of rotatable bonds is 3. The average molecular weight is 326 g/mol. The molecule has 0 radical (unpaired) electrons. The number of hydrogen-bond donors (Lipinski definition) is 1. The molecule has 1 unspecified atom stereocenters. The molecule has 5 nitrogen and oxygen atoms in total. The summed E-state index contributed by atoms with van der Waals surface area (Å²) >= 11 is 6.17. The highest BCUT2D eigenvalue weighted by Crippen LogP contribution is 2.31.